The molecule has 26 heavy (non-hydrogen) atoms. The molecule has 1 fully saturated rings. The Kier molecular flexibility index (Phi) is 6.25. The SMILES string of the molecule is Cc1cc(F)cc(C(=O)N2CCCC(N(C)CC(=O)O)CC2)c1[N+](=O)[O-]. The van der Waals surface area contributed by atoms with Crippen LogP contribution in [0.25, 0.3) is 0 Å². The highest BCUT2D eigenvalue weighted by atomic mass is 19.1. The number of carbonyl (C=O) groups excluding carboxylic acids is 1. The normalized spacial score (nSPS) is 17.8. The molecule has 1 aromatic carbocycles. The summed E-state index contributed by atoms with van der Waals surface area (Å²) in [4.78, 5) is 37.5. The van der Waals surface area contributed by atoms with E-state index < -0.39 is 22.6 Å². The zero-order chi connectivity index (χ0) is 19.4. The lowest BCUT2D eigenvalue weighted by molar-refractivity contribution is -0.385. The van der Waals surface area contributed by atoms with Crippen LogP contribution in [-0.2, 0) is 4.79 Å². The zero-order valence-corrected chi connectivity index (χ0v) is 14.8. The second-order valence-corrected chi connectivity index (χ2v) is 6.56. The molecule has 8 nitrogen and oxygen atoms in total. The molecular formula is C17H22FN3O5. The van der Waals surface area contributed by atoms with Crippen LogP contribution in [-0.4, -0.2) is 64.4 Å². The molecular weight excluding hydrogens is 345 g/mol. The molecule has 0 radical (unpaired) electrons. The summed E-state index contributed by atoms with van der Waals surface area (Å²) in [5, 5.41) is 20.2. The van der Waals surface area contributed by atoms with Gasteiger partial charge in [-0.05, 0) is 45.4 Å². The first-order chi connectivity index (χ1) is 12.2. The Hall–Kier alpha value is -2.55. The maximum Gasteiger partial charge on any atom is 0.317 e. The van der Waals surface area contributed by atoms with Gasteiger partial charge in [-0.2, -0.15) is 0 Å². The molecule has 0 bridgehead atoms. The molecule has 1 aliphatic rings. The Balaban J connectivity index is 2.19. The second kappa shape index (κ2) is 8.22. The summed E-state index contributed by atoms with van der Waals surface area (Å²) in [6.45, 7) is 2.04. The monoisotopic (exact) mass is 367 g/mol. The van der Waals surface area contributed by atoms with Crippen LogP contribution in [0.3, 0.4) is 0 Å². The van der Waals surface area contributed by atoms with E-state index in [1.54, 1.807) is 11.9 Å². The number of nitrogens with zero attached hydrogens (tertiary/aromatic N) is 3. The van der Waals surface area contributed by atoms with Crippen LogP contribution in [0.1, 0.15) is 35.2 Å². The molecule has 2 rings (SSSR count). The van der Waals surface area contributed by atoms with Crippen LogP contribution >= 0.6 is 0 Å². The first-order valence-corrected chi connectivity index (χ1v) is 8.36. The molecule has 0 spiro atoms. The summed E-state index contributed by atoms with van der Waals surface area (Å²) >= 11 is 0. The second-order valence-electron chi connectivity index (χ2n) is 6.56. The number of carboxylic acid groups (broad SMARTS) is 1. The van der Waals surface area contributed by atoms with E-state index in [1.165, 1.54) is 11.8 Å². The highest BCUT2D eigenvalue weighted by molar-refractivity contribution is 5.98. The number of carboxylic acids is 1. The van der Waals surface area contributed by atoms with Crippen LogP contribution in [0.5, 0.6) is 0 Å². The van der Waals surface area contributed by atoms with Crippen LogP contribution in [0.2, 0.25) is 0 Å². The Morgan fingerprint density at radius 1 is 1.38 bits per heavy atom. The van der Waals surface area contributed by atoms with E-state index in [2.05, 4.69) is 0 Å². The number of hydrogen-bond acceptors (Lipinski definition) is 5. The fourth-order valence-corrected chi connectivity index (χ4v) is 3.38. The minimum Gasteiger partial charge on any atom is -0.480 e. The predicted octanol–water partition coefficient (Wildman–Crippen LogP) is 2.05. The summed E-state index contributed by atoms with van der Waals surface area (Å²) in [5.74, 6) is -2.18. The van der Waals surface area contributed by atoms with Crippen LogP contribution in [0.15, 0.2) is 12.1 Å². The van der Waals surface area contributed by atoms with E-state index in [0.717, 1.165) is 18.6 Å². The number of carbonyl (C=O) groups is 2. The molecule has 1 aliphatic heterocycles. The van der Waals surface area contributed by atoms with E-state index in [4.69, 9.17) is 5.11 Å². The van der Waals surface area contributed by atoms with Gasteiger partial charge in [0.15, 0.2) is 0 Å². The van der Waals surface area contributed by atoms with Crippen molar-refractivity contribution in [1.82, 2.24) is 9.80 Å². The van der Waals surface area contributed by atoms with Crippen molar-refractivity contribution < 1.29 is 24.0 Å². The minimum atomic E-state index is -0.921. The molecule has 1 aromatic rings. The number of rotatable bonds is 5. The third-order valence-electron chi connectivity index (χ3n) is 4.67. The standard InChI is InChI=1S/C17H22FN3O5/c1-11-8-12(18)9-14(16(11)21(25)26)17(24)20-6-3-4-13(5-7-20)19(2)10-15(22)23/h8-9,13H,3-7,10H2,1-2H3,(H,22,23). The molecule has 0 saturated carbocycles. The molecule has 0 aliphatic carbocycles. The highest BCUT2D eigenvalue weighted by Gasteiger charge is 2.30. The summed E-state index contributed by atoms with van der Waals surface area (Å²) in [6.07, 6.45) is 1.91. The van der Waals surface area contributed by atoms with Crippen LogP contribution in [0.4, 0.5) is 10.1 Å². The Morgan fingerprint density at radius 3 is 2.69 bits per heavy atom. The average molecular weight is 367 g/mol. The van der Waals surface area contributed by atoms with E-state index in [1.807, 2.05) is 0 Å². The average Bonchev–Trinajstić information content (AvgIpc) is 2.78. The minimum absolute atomic E-state index is 0.00753. The lowest BCUT2D eigenvalue weighted by Crippen LogP contribution is -2.37. The third kappa shape index (κ3) is 4.54. The number of nitro groups is 1. The smallest absolute Gasteiger partial charge is 0.317 e. The third-order valence-corrected chi connectivity index (χ3v) is 4.67. The van der Waals surface area contributed by atoms with Gasteiger partial charge in [-0.15, -0.1) is 0 Å². The van der Waals surface area contributed by atoms with Crippen molar-refractivity contribution in [2.45, 2.75) is 32.2 Å². The van der Waals surface area contributed by atoms with E-state index in [0.29, 0.717) is 25.9 Å². The first-order valence-electron chi connectivity index (χ1n) is 8.36. The first kappa shape index (κ1) is 19.8. The highest BCUT2D eigenvalue weighted by Crippen LogP contribution is 2.27. The number of nitro benzene ring substituents is 1. The van der Waals surface area contributed by atoms with Gasteiger partial charge in [0, 0.05) is 24.7 Å². The number of hydrogen-bond donors (Lipinski definition) is 1. The maximum absolute atomic E-state index is 13.7. The topological polar surface area (TPSA) is 104 Å². The number of aliphatic carboxylic acids is 1. The van der Waals surface area contributed by atoms with Gasteiger partial charge in [0.25, 0.3) is 11.6 Å². The van der Waals surface area contributed by atoms with E-state index >= 15 is 0 Å². The maximum atomic E-state index is 13.7. The van der Waals surface area contributed by atoms with Gasteiger partial charge >= 0.3 is 5.97 Å². The molecule has 0 aromatic heterocycles. The Labute approximate surface area is 150 Å². The lowest BCUT2D eigenvalue weighted by Gasteiger charge is -2.25. The number of halogens is 1. The van der Waals surface area contributed by atoms with Crippen LogP contribution in [0, 0.1) is 22.9 Å². The largest absolute Gasteiger partial charge is 0.480 e. The summed E-state index contributed by atoms with van der Waals surface area (Å²) in [7, 11) is 1.72. The van der Waals surface area contributed by atoms with Gasteiger partial charge < -0.3 is 10.0 Å². The molecule has 1 unspecified atom stereocenters. The van der Waals surface area contributed by atoms with Crippen molar-refractivity contribution in [3.05, 3.63) is 39.2 Å². The number of amides is 1. The lowest BCUT2D eigenvalue weighted by atomic mass is 10.1. The van der Waals surface area contributed by atoms with Gasteiger partial charge in [0.1, 0.15) is 11.4 Å². The number of aryl methyl sites for hydroxylation is 1. The Morgan fingerprint density at radius 2 is 2.08 bits per heavy atom. The molecule has 1 atom stereocenters. The van der Waals surface area contributed by atoms with Crippen molar-refractivity contribution in [1.29, 1.82) is 0 Å². The number of likely N-dealkylation sites (tertiary alicyclic amines) is 1. The molecule has 1 amide bonds. The fourth-order valence-electron chi connectivity index (χ4n) is 3.38. The van der Waals surface area contributed by atoms with Gasteiger partial charge in [-0.3, -0.25) is 24.6 Å². The van der Waals surface area contributed by atoms with Gasteiger partial charge in [0.05, 0.1) is 11.5 Å². The van der Waals surface area contributed by atoms with Crippen LogP contribution < -0.4 is 0 Å². The zero-order valence-electron chi connectivity index (χ0n) is 14.8. The van der Waals surface area contributed by atoms with Gasteiger partial charge in [-0.1, -0.05) is 0 Å². The fraction of sp³-hybridized carbons (Fsp3) is 0.529. The van der Waals surface area contributed by atoms with E-state index in [9.17, 15) is 24.1 Å². The van der Waals surface area contributed by atoms with Crippen molar-refractivity contribution in [3.8, 4) is 0 Å². The summed E-state index contributed by atoms with van der Waals surface area (Å²) in [5.41, 5.74) is -0.516. The molecule has 1 heterocycles. The quantitative estimate of drug-likeness (QED) is 0.631. The number of benzene rings is 1. The molecule has 142 valence electrons. The molecule has 1 N–H and O–H groups in total. The van der Waals surface area contributed by atoms with Gasteiger partial charge in [0.2, 0.25) is 0 Å². The van der Waals surface area contributed by atoms with Crippen molar-refractivity contribution in [3.63, 3.8) is 0 Å². The van der Waals surface area contributed by atoms with Crippen molar-refractivity contribution in [2.75, 3.05) is 26.7 Å². The molecule has 9 heteroatoms. The summed E-state index contributed by atoms with van der Waals surface area (Å²) < 4.78 is 13.7. The molecule has 1 saturated heterocycles. The van der Waals surface area contributed by atoms with Crippen molar-refractivity contribution in [2.24, 2.45) is 0 Å². The van der Waals surface area contributed by atoms with E-state index in [-0.39, 0.29) is 29.4 Å². The van der Waals surface area contributed by atoms with Crippen molar-refractivity contribution >= 4 is 17.6 Å². The predicted molar refractivity (Wildman–Crippen MR) is 91.6 cm³/mol. The van der Waals surface area contributed by atoms with Gasteiger partial charge in [-0.25, -0.2) is 4.39 Å². The number of likely N-dealkylation sites (N-methyl/N-ethyl adjacent to an activating group) is 1. The Bertz CT molecular complexity index is 725. The summed E-state index contributed by atoms with van der Waals surface area (Å²) in [6, 6.07) is 1.95.